The van der Waals surface area contributed by atoms with E-state index in [4.69, 9.17) is 23.2 Å². The molecule has 1 saturated heterocycles. The maximum atomic E-state index is 13.1. The number of carbonyl (C=O) groups excluding carboxylic acids is 2. The fourth-order valence-electron chi connectivity index (χ4n) is 4.38. The van der Waals surface area contributed by atoms with Gasteiger partial charge < -0.3 is 20.1 Å². The molecular weight excluding hydrogens is 501 g/mol. The molecule has 0 radical (unpaired) electrons. The summed E-state index contributed by atoms with van der Waals surface area (Å²) in [5.41, 5.74) is 2.02. The Labute approximate surface area is 220 Å². The Balaban J connectivity index is 1.54. The standard InChI is InChI=1S/C25H31Cl2N7O2/c1-7-20(35)33-11-14(12-33)29-24(36)21-22(27)30-19(34(21)13(2)3)10-28-23-15-8-16(25(4,5)6)17(26)9-18(15)31-32-23/h7-9,13-14H,1,10-12H2,2-6H3,(H,29,36)(H2,28,31,32). The molecule has 2 amide bonds. The molecule has 0 spiro atoms. The van der Waals surface area contributed by atoms with E-state index in [9.17, 15) is 9.59 Å². The molecule has 11 heteroatoms. The molecule has 1 aromatic carbocycles. The van der Waals surface area contributed by atoms with E-state index in [1.807, 2.05) is 30.5 Å². The summed E-state index contributed by atoms with van der Waals surface area (Å²) in [7, 11) is 0. The zero-order chi connectivity index (χ0) is 26.4. The van der Waals surface area contributed by atoms with Crippen LogP contribution in [0.15, 0.2) is 24.8 Å². The van der Waals surface area contributed by atoms with Crippen molar-refractivity contribution in [2.75, 3.05) is 18.4 Å². The Morgan fingerprint density at radius 2 is 1.97 bits per heavy atom. The Morgan fingerprint density at radius 1 is 1.28 bits per heavy atom. The molecule has 1 aliphatic rings. The molecule has 3 N–H and O–H groups in total. The number of nitrogens with one attached hydrogen (secondary N) is 3. The number of rotatable bonds is 7. The second-order valence-electron chi connectivity index (χ2n) is 10.3. The van der Waals surface area contributed by atoms with E-state index < -0.39 is 0 Å². The molecule has 4 rings (SSSR count). The van der Waals surface area contributed by atoms with Gasteiger partial charge in [-0.1, -0.05) is 50.6 Å². The minimum absolute atomic E-state index is 0.0648. The average Bonchev–Trinajstić information content (AvgIpc) is 3.32. The first-order chi connectivity index (χ1) is 16.9. The van der Waals surface area contributed by atoms with Crippen molar-refractivity contribution in [2.45, 2.75) is 58.7 Å². The van der Waals surface area contributed by atoms with Crippen molar-refractivity contribution in [3.63, 3.8) is 0 Å². The predicted octanol–water partition coefficient (Wildman–Crippen LogP) is 4.68. The quantitative estimate of drug-likeness (QED) is 0.383. The van der Waals surface area contributed by atoms with Crippen LogP contribution in [0, 0.1) is 0 Å². The Kier molecular flexibility index (Phi) is 7.07. The van der Waals surface area contributed by atoms with Crippen LogP contribution >= 0.6 is 23.2 Å². The van der Waals surface area contributed by atoms with Crippen LogP contribution in [0.4, 0.5) is 5.82 Å². The summed E-state index contributed by atoms with van der Waals surface area (Å²) in [6, 6.07) is 3.72. The number of fused-ring (bicyclic) bond motifs is 1. The molecule has 0 atom stereocenters. The van der Waals surface area contributed by atoms with Crippen molar-refractivity contribution >= 4 is 51.7 Å². The molecule has 0 saturated carbocycles. The number of anilines is 1. The third-order valence-corrected chi connectivity index (χ3v) is 6.82. The van der Waals surface area contributed by atoms with Gasteiger partial charge in [0.25, 0.3) is 5.91 Å². The number of halogens is 2. The number of likely N-dealkylation sites (tertiary alicyclic amines) is 1. The van der Waals surface area contributed by atoms with Crippen molar-refractivity contribution in [2.24, 2.45) is 0 Å². The van der Waals surface area contributed by atoms with Crippen LogP contribution in [-0.4, -0.2) is 55.6 Å². The van der Waals surface area contributed by atoms with Gasteiger partial charge in [0.15, 0.2) is 11.0 Å². The first-order valence-electron chi connectivity index (χ1n) is 11.8. The lowest BCUT2D eigenvalue weighted by atomic mass is 9.86. The topological polar surface area (TPSA) is 108 Å². The number of hydrogen-bond donors (Lipinski definition) is 3. The number of benzene rings is 1. The van der Waals surface area contributed by atoms with E-state index in [0.29, 0.717) is 42.0 Å². The highest BCUT2D eigenvalue weighted by Crippen LogP contribution is 2.35. The number of nitrogens with zero attached hydrogens (tertiary/aromatic N) is 4. The Hall–Kier alpha value is -3.04. The van der Waals surface area contributed by atoms with Crippen LogP contribution in [0.3, 0.4) is 0 Å². The van der Waals surface area contributed by atoms with Crippen LogP contribution in [0.25, 0.3) is 10.9 Å². The minimum Gasteiger partial charge on any atom is -0.361 e. The van der Waals surface area contributed by atoms with Gasteiger partial charge in [-0.25, -0.2) is 4.98 Å². The highest BCUT2D eigenvalue weighted by molar-refractivity contribution is 6.32. The summed E-state index contributed by atoms with van der Waals surface area (Å²) in [4.78, 5) is 30.9. The summed E-state index contributed by atoms with van der Waals surface area (Å²) < 4.78 is 1.82. The normalized spacial score (nSPS) is 14.3. The summed E-state index contributed by atoms with van der Waals surface area (Å²) in [6.45, 7) is 14.9. The van der Waals surface area contributed by atoms with E-state index in [1.165, 1.54) is 6.08 Å². The van der Waals surface area contributed by atoms with Gasteiger partial charge in [-0.2, -0.15) is 5.10 Å². The molecule has 3 heterocycles. The molecular formula is C25H31Cl2N7O2. The lowest BCUT2D eigenvalue weighted by molar-refractivity contribution is -0.130. The molecule has 36 heavy (non-hydrogen) atoms. The van der Waals surface area contributed by atoms with Gasteiger partial charge in [0.05, 0.1) is 18.1 Å². The van der Waals surface area contributed by atoms with Crippen molar-refractivity contribution < 1.29 is 9.59 Å². The molecule has 0 unspecified atom stereocenters. The van der Waals surface area contributed by atoms with Gasteiger partial charge in [0.2, 0.25) is 5.91 Å². The molecule has 1 fully saturated rings. The second-order valence-corrected chi connectivity index (χ2v) is 11.1. The zero-order valence-corrected chi connectivity index (χ0v) is 22.6. The number of amides is 2. The average molecular weight is 532 g/mol. The van der Waals surface area contributed by atoms with Gasteiger partial charge in [0.1, 0.15) is 11.5 Å². The fraction of sp³-hybridized carbons (Fsp3) is 0.440. The number of carbonyl (C=O) groups is 2. The Morgan fingerprint density at radius 3 is 2.58 bits per heavy atom. The van der Waals surface area contributed by atoms with E-state index in [2.05, 4.69) is 53.2 Å². The fourth-order valence-corrected chi connectivity index (χ4v) is 5.10. The first kappa shape index (κ1) is 26.0. The van der Waals surface area contributed by atoms with Gasteiger partial charge >= 0.3 is 0 Å². The largest absolute Gasteiger partial charge is 0.361 e. The van der Waals surface area contributed by atoms with E-state index in [0.717, 1.165) is 16.5 Å². The number of imidazole rings is 1. The number of H-pyrrole nitrogens is 1. The molecule has 9 nitrogen and oxygen atoms in total. The maximum absolute atomic E-state index is 13.1. The van der Waals surface area contributed by atoms with Gasteiger partial charge in [0, 0.05) is 29.5 Å². The highest BCUT2D eigenvalue weighted by atomic mass is 35.5. The highest BCUT2D eigenvalue weighted by Gasteiger charge is 2.33. The lowest BCUT2D eigenvalue weighted by Crippen LogP contribution is -2.60. The van der Waals surface area contributed by atoms with Crippen LogP contribution in [0.2, 0.25) is 10.2 Å². The first-order valence-corrected chi connectivity index (χ1v) is 12.6. The minimum atomic E-state index is -0.321. The Bertz CT molecular complexity index is 1330. The number of aromatic nitrogens is 4. The summed E-state index contributed by atoms with van der Waals surface area (Å²) >= 11 is 12.9. The molecule has 0 aliphatic carbocycles. The molecule has 2 aromatic heterocycles. The van der Waals surface area contributed by atoms with Crippen molar-refractivity contribution in [1.82, 2.24) is 30.0 Å². The molecule has 0 bridgehead atoms. The molecule has 192 valence electrons. The van der Waals surface area contributed by atoms with Gasteiger partial charge in [-0.05, 0) is 43.0 Å². The van der Waals surface area contributed by atoms with Gasteiger partial charge in [-0.3, -0.25) is 14.7 Å². The van der Waals surface area contributed by atoms with Crippen LogP contribution < -0.4 is 10.6 Å². The summed E-state index contributed by atoms with van der Waals surface area (Å²) in [5, 5.41) is 15.4. The number of hydrogen-bond acceptors (Lipinski definition) is 5. The van der Waals surface area contributed by atoms with Crippen molar-refractivity contribution in [3.8, 4) is 0 Å². The van der Waals surface area contributed by atoms with Crippen LogP contribution in [0.5, 0.6) is 0 Å². The van der Waals surface area contributed by atoms with Crippen molar-refractivity contribution in [1.29, 1.82) is 0 Å². The van der Waals surface area contributed by atoms with Crippen LogP contribution in [0.1, 0.15) is 62.5 Å². The molecule has 3 aromatic rings. The van der Waals surface area contributed by atoms with E-state index in [1.54, 1.807) is 4.90 Å². The summed E-state index contributed by atoms with van der Waals surface area (Å²) in [6.07, 6.45) is 1.27. The second kappa shape index (κ2) is 9.78. The summed E-state index contributed by atoms with van der Waals surface area (Å²) in [5.74, 6) is 0.798. The third-order valence-electron chi connectivity index (χ3n) is 6.25. The van der Waals surface area contributed by atoms with Gasteiger partial charge in [-0.15, -0.1) is 0 Å². The SMILES string of the molecule is C=CC(=O)N1CC(NC(=O)c2c(Cl)nc(CNc3n[nH]c4cc(Cl)c(C(C)(C)C)cc34)n2C(C)C)C1. The van der Waals surface area contributed by atoms with Crippen molar-refractivity contribution in [3.05, 3.63) is 52.0 Å². The van der Waals surface area contributed by atoms with Crippen LogP contribution in [-0.2, 0) is 16.8 Å². The van der Waals surface area contributed by atoms with E-state index in [-0.39, 0.29) is 34.5 Å². The zero-order valence-electron chi connectivity index (χ0n) is 21.1. The predicted molar refractivity (Wildman–Crippen MR) is 143 cm³/mol. The number of aromatic amines is 1. The monoisotopic (exact) mass is 531 g/mol. The third kappa shape index (κ3) is 4.95. The maximum Gasteiger partial charge on any atom is 0.271 e. The van der Waals surface area contributed by atoms with E-state index >= 15 is 0 Å². The molecule has 1 aliphatic heterocycles. The smallest absolute Gasteiger partial charge is 0.271 e. The lowest BCUT2D eigenvalue weighted by Gasteiger charge is -2.38.